The van der Waals surface area contributed by atoms with Gasteiger partial charge in [-0.15, -0.1) is 11.3 Å². The van der Waals surface area contributed by atoms with E-state index in [4.69, 9.17) is 0 Å². The molecule has 2 aromatic heterocycles. The Hall–Kier alpha value is -3.20. The van der Waals surface area contributed by atoms with Crippen LogP contribution in [0.3, 0.4) is 0 Å². The lowest BCUT2D eigenvalue weighted by molar-refractivity contribution is -0.126. The molecule has 2 heterocycles. The maximum atomic E-state index is 13.3. The maximum absolute atomic E-state index is 13.3. The van der Waals surface area contributed by atoms with Gasteiger partial charge in [0, 0.05) is 25.0 Å². The topological polar surface area (TPSA) is 102 Å². The minimum Gasteiger partial charge on any atom is -0.352 e. The molecule has 1 saturated carbocycles. The van der Waals surface area contributed by atoms with Gasteiger partial charge in [0.05, 0.1) is 5.52 Å². The average molecular weight is 497 g/mol. The minimum absolute atomic E-state index is 0.0397. The van der Waals surface area contributed by atoms with Crippen molar-refractivity contribution in [2.45, 2.75) is 65.2 Å². The molecule has 8 nitrogen and oxygen atoms in total. The van der Waals surface area contributed by atoms with Gasteiger partial charge in [-0.1, -0.05) is 30.3 Å². The van der Waals surface area contributed by atoms with Crippen LogP contribution in [-0.2, 0) is 29.2 Å². The smallest absolute Gasteiger partial charge is 0.332 e. The van der Waals surface area contributed by atoms with Gasteiger partial charge in [-0.3, -0.25) is 23.5 Å². The standard InChI is InChI=1S/C26H32N4O4S/c1-17(2)28-22(31)16-29-21-12-13-35-23(21)25(33)30(26(29)34)15-19-8-10-20(11-9-19)24(32)27-14-18-6-4-3-5-7-18/h3-7,12-13,17,19-20H,8-11,14-16H2,1-2H3,(H,27,32)(H,28,31). The Morgan fingerprint density at radius 1 is 1.03 bits per heavy atom. The molecule has 0 aliphatic heterocycles. The molecule has 2 amide bonds. The van der Waals surface area contributed by atoms with Crippen LogP contribution in [0.25, 0.3) is 10.2 Å². The zero-order valence-electron chi connectivity index (χ0n) is 20.2. The summed E-state index contributed by atoms with van der Waals surface area (Å²) in [6.07, 6.45) is 3.00. The highest BCUT2D eigenvalue weighted by Gasteiger charge is 2.28. The Balaban J connectivity index is 1.43. The summed E-state index contributed by atoms with van der Waals surface area (Å²) < 4.78 is 3.16. The number of nitrogens with one attached hydrogen (secondary N) is 2. The van der Waals surface area contributed by atoms with Crippen molar-refractivity contribution in [3.05, 3.63) is 68.2 Å². The SMILES string of the molecule is CC(C)NC(=O)Cn1c(=O)n(CC2CCC(C(=O)NCc3ccccc3)CC2)c(=O)c2sccc21. The van der Waals surface area contributed by atoms with E-state index in [1.54, 1.807) is 11.4 Å². The first-order valence-electron chi connectivity index (χ1n) is 12.1. The first-order chi connectivity index (χ1) is 16.8. The van der Waals surface area contributed by atoms with Gasteiger partial charge in [-0.05, 0) is 62.5 Å². The summed E-state index contributed by atoms with van der Waals surface area (Å²) in [7, 11) is 0. The quantitative estimate of drug-likeness (QED) is 0.501. The van der Waals surface area contributed by atoms with Crippen LogP contribution in [0.1, 0.15) is 45.1 Å². The van der Waals surface area contributed by atoms with E-state index in [1.165, 1.54) is 20.5 Å². The van der Waals surface area contributed by atoms with Crippen molar-refractivity contribution >= 4 is 33.4 Å². The number of hydrogen-bond donors (Lipinski definition) is 2. The van der Waals surface area contributed by atoms with E-state index in [0.29, 0.717) is 23.3 Å². The van der Waals surface area contributed by atoms with Crippen molar-refractivity contribution in [2.75, 3.05) is 0 Å². The van der Waals surface area contributed by atoms with Gasteiger partial charge in [0.15, 0.2) is 0 Å². The number of nitrogens with zero attached hydrogens (tertiary/aromatic N) is 2. The highest BCUT2D eigenvalue weighted by molar-refractivity contribution is 7.17. The van der Waals surface area contributed by atoms with Gasteiger partial charge in [0.25, 0.3) is 5.56 Å². The predicted octanol–water partition coefficient (Wildman–Crippen LogP) is 2.87. The van der Waals surface area contributed by atoms with E-state index >= 15 is 0 Å². The van der Waals surface area contributed by atoms with Crippen molar-refractivity contribution in [3.8, 4) is 0 Å². The molecule has 0 spiro atoms. The van der Waals surface area contributed by atoms with Crippen molar-refractivity contribution in [1.29, 1.82) is 0 Å². The fraction of sp³-hybridized carbons (Fsp3) is 0.462. The van der Waals surface area contributed by atoms with Crippen LogP contribution in [0.5, 0.6) is 0 Å². The molecule has 0 bridgehead atoms. The fourth-order valence-electron chi connectivity index (χ4n) is 4.75. The van der Waals surface area contributed by atoms with Gasteiger partial charge < -0.3 is 10.6 Å². The number of benzene rings is 1. The second-order valence-electron chi connectivity index (χ2n) is 9.56. The lowest BCUT2D eigenvalue weighted by Crippen LogP contribution is -2.44. The van der Waals surface area contributed by atoms with Gasteiger partial charge in [-0.2, -0.15) is 0 Å². The van der Waals surface area contributed by atoms with Gasteiger partial charge >= 0.3 is 5.69 Å². The van der Waals surface area contributed by atoms with E-state index in [9.17, 15) is 19.2 Å². The lowest BCUT2D eigenvalue weighted by atomic mass is 9.81. The number of carbonyl (C=O) groups is 2. The Morgan fingerprint density at radius 2 is 1.74 bits per heavy atom. The summed E-state index contributed by atoms with van der Waals surface area (Å²) >= 11 is 1.28. The second kappa shape index (κ2) is 11.0. The first-order valence-corrected chi connectivity index (χ1v) is 13.0. The van der Waals surface area contributed by atoms with E-state index < -0.39 is 5.69 Å². The molecule has 35 heavy (non-hydrogen) atoms. The van der Waals surface area contributed by atoms with Crippen molar-refractivity contribution < 1.29 is 9.59 Å². The van der Waals surface area contributed by atoms with Gasteiger partial charge in [0.1, 0.15) is 11.2 Å². The summed E-state index contributed by atoms with van der Waals surface area (Å²) in [6.45, 7) is 4.41. The number of fused-ring (bicyclic) bond motifs is 1. The number of amides is 2. The van der Waals surface area contributed by atoms with E-state index in [2.05, 4.69) is 10.6 Å². The van der Waals surface area contributed by atoms with Crippen LogP contribution in [0, 0.1) is 11.8 Å². The zero-order valence-corrected chi connectivity index (χ0v) is 21.0. The molecule has 1 aromatic carbocycles. The van der Waals surface area contributed by atoms with Crippen molar-refractivity contribution in [2.24, 2.45) is 11.8 Å². The highest BCUT2D eigenvalue weighted by Crippen LogP contribution is 2.30. The van der Waals surface area contributed by atoms with Gasteiger partial charge in [-0.25, -0.2) is 4.79 Å². The van der Waals surface area contributed by atoms with Crippen LogP contribution in [0.4, 0.5) is 0 Å². The highest BCUT2D eigenvalue weighted by atomic mass is 32.1. The van der Waals surface area contributed by atoms with Crippen LogP contribution in [0.2, 0.25) is 0 Å². The van der Waals surface area contributed by atoms with Crippen molar-refractivity contribution in [3.63, 3.8) is 0 Å². The molecular formula is C26H32N4O4S. The second-order valence-corrected chi connectivity index (χ2v) is 10.5. The molecular weight excluding hydrogens is 464 g/mol. The number of thiophene rings is 1. The summed E-state index contributed by atoms with van der Waals surface area (Å²) in [5.74, 6) is -0.124. The number of aromatic nitrogens is 2. The summed E-state index contributed by atoms with van der Waals surface area (Å²) in [6, 6.07) is 11.5. The normalized spacial score (nSPS) is 18.0. The van der Waals surface area contributed by atoms with E-state index in [1.807, 2.05) is 44.2 Å². The Bertz CT molecular complexity index is 1300. The monoisotopic (exact) mass is 496 g/mol. The molecule has 186 valence electrons. The first kappa shape index (κ1) is 24.9. The lowest BCUT2D eigenvalue weighted by Gasteiger charge is -2.28. The van der Waals surface area contributed by atoms with Gasteiger partial charge in [0.2, 0.25) is 11.8 Å². The maximum Gasteiger partial charge on any atom is 0.332 e. The van der Waals surface area contributed by atoms with Crippen LogP contribution in [0.15, 0.2) is 51.4 Å². The third kappa shape index (κ3) is 5.90. The average Bonchev–Trinajstić information content (AvgIpc) is 3.34. The third-order valence-corrected chi connectivity index (χ3v) is 7.45. The van der Waals surface area contributed by atoms with E-state index in [-0.39, 0.29) is 41.8 Å². The molecule has 1 aliphatic rings. The van der Waals surface area contributed by atoms with Crippen molar-refractivity contribution in [1.82, 2.24) is 19.8 Å². The Labute approximate surface area is 208 Å². The van der Waals surface area contributed by atoms with Crippen LogP contribution in [-0.4, -0.2) is 27.0 Å². The van der Waals surface area contributed by atoms with E-state index in [0.717, 1.165) is 31.2 Å². The third-order valence-electron chi connectivity index (χ3n) is 6.56. The molecule has 3 aromatic rings. The number of carbonyl (C=O) groups excluding carboxylic acids is 2. The zero-order chi connectivity index (χ0) is 24.9. The fourth-order valence-corrected chi connectivity index (χ4v) is 5.60. The molecule has 1 aliphatic carbocycles. The molecule has 2 N–H and O–H groups in total. The van der Waals surface area contributed by atoms with Crippen LogP contribution < -0.4 is 21.9 Å². The summed E-state index contributed by atoms with van der Waals surface area (Å²) in [5, 5.41) is 7.60. The summed E-state index contributed by atoms with van der Waals surface area (Å²) in [5.41, 5.74) is 0.806. The summed E-state index contributed by atoms with van der Waals surface area (Å²) in [4.78, 5) is 51.4. The number of rotatable bonds is 8. The number of hydrogen-bond acceptors (Lipinski definition) is 5. The van der Waals surface area contributed by atoms with Crippen LogP contribution >= 0.6 is 11.3 Å². The molecule has 0 atom stereocenters. The molecule has 0 radical (unpaired) electrons. The Morgan fingerprint density at radius 3 is 2.43 bits per heavy atom. The Kier molecular flexibility index (Phi) is 7.85. The predicted molar refractivity (Wildman–Crippen MR) is 137 cm³/mol. The molecule has 4 rings (SSSR count). The molecule has 0 unspecified atom stereocenters. The largest absolute Gasteiger partial charge is 0.352 e. The molecule has 1 fully saturated rings. The molecule has 0 saturated heterocycles. The molecule has 9 heteroatoms. The minimum atomic E-state index is -0.456.